The minimum atomic E-state index is -0.506. The topological polar surface area (TPSA) is 33.1 Å². The highest BCUT2D eigenvalue weighted by molar-refractivity contribution is 9.10. The maximum absolute atomic E-state index is 10.4. The van der Waals surface area contributed by atoms with Crippen molar-refractivity contribution in [2.24, 2.45) is 0 Å². The lowest BCUT2D eigenvalue weighted by atomic mass is 9.99. The fourth-order valence-corrected chi connectivity index (χ4v) is 2.61. The van der Waals surface area contributed by atoms with E-state index in [4.69, 9.17) is 0 Å². The summed E-state index contributed by atoms with van der Waals surface area (Å²) in [6.45, 7) is 0. The summed E-state index contributed by atoms with van der Waals surface area (Å²) >= 11 is 3.40. The van der Waals surface area contributed by atoms with E-state index >= 15 is 0 Å². The van der Waals surface area contributed by atoms with Gasteiger partial charge in [-0.2, -0.15) is 0 Å². The van der Waals surface area contributed by atoms with Crippen LogP contribution >= 0.6 is 15.9 Å². The number of para-hydroxylation sites is 1. The fourth-order valence-electron chi connectivity index (χ4n) is 2.34. The number of hydrogen-bond donors (Lipinski definition) is 1. The van der Waals surface area contributed by atoms with Crippen molar-refractivity contribution in [3.63, 3.8) is 0 Å². The molecule has 1 heterocycles. The Morgan fingerprint density at radius 1 is 1.00 bits per heavy atom. The van der Waals surface area contributed by atoms with Gasteiger partial charge in [0.15, 0.2) is 0 Å². The maximum atomic E-state index is 10.4. The van der Waals surface area contributed by atoms with Gasteiger partial charge in [-0.25, -0.2) is 0 Å². The molecule has 0 aliphatic heterocycles. The first-order valence-corrected chi connectivity index (χ1v) is 7.29. The normalized spacial score (nSPS) is 12.5. The van der Waals surface area contributed by atoms with Gasteiger partial charge in [0.05, 0.1) is 11.6 Å². The third-order valence-corrected chi connectivity index (χ3v) is 3.94. The summed E-state index contributed by atoms with van der Waals surface area (Å²) in [5.74, 6) is 0. The molecule has 1 unspecified atom stereocenters. The molecular weight excluding hydrogens is 314 g/mol. The predicted molar refractivity (Wildman–Crippen MR) is 84.5 cm³/mol. The van der Waals surface area contributed by atoms with Gasteiger partial charge in [0, 0.05) is 22.5 Å². The van der Waals surface area contributed by atoms with Crippen LogP contribution in [0.3, 0.4) is 0 Å². The van der Waals surface area contributed by atoms with Crippen LogP contribution in [-0.4, -0.2) is 10.1 Å². The Morgan fingerprint density at radius 2 is 1.75 bits per heavy atom. The van der Waals surface area contributed by atoms with Crippen molar-refractivity contribution < 1.29 is 5.11 Å². The number of aliphatic hydroxyl groups is 1. The van der Waals surface area contributed by atoms with Crippen LogP contribution in [0.25, 0.3) is 10.9 Å². The largest absolute Gasteiger partial charge is 0.388 e. The molecule has 0 aliphatic carbocycles. The monoisotopic (exact) mass is 327 g/mol. The second kappa shape index (κ2) is 5.73. The average molecular weight is 328 g/mol. The smallest absolute Gasteiger partial charge is 0.0830 e. The summed E-state index contributed by atoms with van der Waals surface area (Å²) in [6, 6.07) is 17.8. The number of benzene rings is 2. The van der Waals surface area contributed by atoms with E-state index in [1.165, 1.54) is 0 Å². The molecule has 1 aromatic heterocycles. The molecule has 1 atom stereocenters. The molecule has 0 fully saturated rings. The van der Waals surface area contributed by atoms with E-state index in [2.05, 4.69) is 20.9 Å². The Labute approximate surface area is 126 Å². The Hall–Kier alpha value is -1.71. The van der Waals surface area contributed by atoms with Crippen molar-refractivity contribution in [2.75, 3.05) is 0 Å². The minimum Gasteiger partial charge on any atom is -0.388 e. The van der Waals surface area contributed by atoms with E-state index < -0.39 is 6.10 Å². The van der Waals surface area contributed by atoms with Crippen LogP contribution in [0.4, 0.5) is 0 Å². The first kappa shape index (κ1) is 13.3. The Kier molecular flexibility index (Phi) is 3.81. The quantitative estimate of drug-likeness (QED) is 0.779. The molecule has 1 N–H and O–H groups in total. The molecule has 0 bridgehead atoms. The van der Waals surface area contributed by atoms with Crippen LogP contribution < -0.4 is 0 Å². The van der Waals surface area contributed by atoms with Crippen molar-refractivity contribution in [3.8, 4) is 0 Å². The Bertz CT molecular complexity index is 719. The molecule has 0 spiro atoms. The van der Waals surface area contributed by atoms with Crippen LogP contribution in [0.5, 0.6) is 0 Å². The van der Waals surface area contributed by atoms with Crippen molar-refractivity contribution in [1.82, 2.24) is 4.98 Å². The third-order valence-electron chi connectivity index (χ3n) is 3.41. The highest BCUT2D eigenvalue weighted by atomic mass is 79.9. The zero-order chi connectivity index (χ0) is 13.9. The van der Waals surface area contributed by atoms with Crippen LogP contribution in [-0.2, 0) is 6.42 Å². The van der Waals surface area contributed by atoms with E-state index in [0.717, 1.165) is 26.5 Å². The van der Waals surface area contributed by atoms with Gasteiger partial charge in [-0.05, 0) is 35.4 Å². The van der Waals surface area contributed by atoms with E-state index in [9.17, 15) is 5.11 Å². The van der Waals surface area contributed by atoms with Gasteiger partial charge in [-0.1, -0.05) is 46.3 Å². The fraction of sp³-hybridized carbons (Fsp3) is 0.118. The average Bonchev–Trinajstić information content (AvgIpc) is 2.48. The lowest BCUT2D eigenvalue weighted by Crippen LogP contribution is -2.02. The highest BCUT2D eigenvalue weighted by Crippen LogP contribution is 2.24. The van der Waals surface area contributed by atoms with Gasteiger partial charge in [-0.3, -0.25) is 4.98 Å². The lowest BCUT2D eigenvalue weighted by Gasteiger charge is -2.13. The molecule has 0 aliphatic rings. The van der Waals surface area contributed by atoms with E-state index in [1.54, 1.807) is 6.20 Å². The summed E-state index contributed by atoms with van der Waals surface area (Å²) < 4.78 is 1.02. The number of nitrogens with zero attached hydrogens (tertiary/aromatic N) is 1. The van der Waals surface area contributed by atoms with Gasteiger partial charge in [-0.15, -0.1) is 0 Å². The Morgan fingerprint density at radius 3 is 2.55 bits per heavy atom. The summed E-state index contributed by atoms with van der Waals surface area (Å²) in [5, 5.41) is 11.5. The van der Waals surface area contributed by atoms with Crippen molar-refractivity contribution >= 4 is 26.8 Å². The van der Waals surface area contributed by atoms with Gasteiger partial charge in [0.25, 0.3) is 0 Å². The van der Waals surface area contributed by atoms with E-state index in [-0.39, 0.29) is 0 Å². The molecule has 0 saturated heterocycles. The molecule has 3 aromatic rings. The molecule has 3 rings (SSSR count). The highest BCUT2D eigenvalue weighted by Gasteiger charge is 2.10. The summed E-state index contributed by atoms with van der Waals surface area (Å²) in [7, 11) is 0. The van der Waals surface area contributed by atoms with Crippen LogP contribution in [0.15, 0.2) is 65.3 Å². The van der Waals surface area contributed by atoms with Crippen molar-refractivity contribution in [1.29, 1.82) is 0 Å². The molecule has 3 heteroatoms. The van der Waals surface area contributed by atoms with Gasteiger partial charge in [0.2, 0.25) is 0 Å². The van der Waals surface area contributed by atoms with Gasteiger partial charge < -0.3 is 5.11 Å². The zero-order valence-corrected chi connectivity index (χ0v) is 12.4. The van der Waals surface area contributed by atoms with E-state index in [0.29, 0.717) is 6.42 Å². The summed E-state index contributed by atoms with van der Waals surface area (Å²) in [6.07, 6.45) is 1.88. The number of pyridine rings is 1. The molecule has 2 aromatic carbocycles. The first-order chi connectivity index (χ1) is 9.74. The standard InChI is InChI=1S/C17H14BrNO/c18-14-7-5-12(6-8-14)17(20)11-13-9-10-19-16-4-2-1-3-15(13)16/h1-10,17,20H,11H2. The molecule has 20 heavy (non-hydrogen) atoms. The van der Waals surface area contributed by atoms with Crippen LogP contribution in [0, 0.1) is 0 Å². The summed E-state index contributed by atoms with van der Waals surface area (Å²) in [5.41, 5.74) is 3.01. The van der Waals surface area contributed by atoms with Crippen LogP contribution in [0.1, 0.15) is 17.2 Å². The van der Waals surface area contributed by atoms with Gasteiger partial charge >= 0.3 is 0 Å². The number of halogens is 1. The number of aromatic nitrogens is 1. The number of fused-ring (bicyclic) bond motifs is 1. The molecule has 100 valence electrons. The van der Waals surface area contributed by atoms with Crippen LogP contribution in [0.2, 0.25) is 0 Å². The predicted octanol–water partition coefficient (Wildman–Crippen LogP) is 4.27. The molecule has 2 nitrogen and oxygen atoms in total. The molecule has 0 radical (unpaired) electrons. The molecule has 0 amide bonds. The van der Waals surface area contributed by atoms with Gasteiger partial charge in [0.1, 0.15) is 0 Å². The second-order valence-electron chi connectivity index (χ2n) is 4.76. The molecular formula is C17H14BrNO. The number of hydrogen-bond acceptors (Lipinski definition) is 2. The Balaban J connectivity index is 1.91. The SMILES string of the molecule is OC(Cc1ccnc2ccccc12)c1ccc(Br)cc1. The lowest BCUT2D eigenvalue weighted by molar-refractivity contribution is 0.179. The third kappa shape index (κ3) is 2.74. The molecule has 0 saturated carbocycles. The summed E-state index contributed by atoms with van der Waals surface area (Å²) in [4.78, 5) is 4.35. The minimum absolute atomic E-state index is 0.506. The zero-order valence-electron chi connectivity index (χ0n) is 10.8. The van der Waals surface area contributed by atoms with E-state index in [1.807, 2.05) is 54.6 Å². The maximum Gasteiger partial charge on any atom is 0.0830 e. The van der Waals surface area contributed by atoms with Crippen molar-refractivity contribution in [2.45, 2.75) is 12.5 Å². The first-order valence-electron chi connectivity index (χ1n) is 6.50. The second-order valence-corrected chi connectivity index (χ2v) is 5.67. The number of rotatable bonds is 3. The van der Waals surface area contributed by atoms with Crippen molar-refractivity contribution in [3.05, 3.63) is 76.4 Å². The number of aliphatic hydroxyl groups excluding tert-OH is 1.